The van der Waals surface area contributed by atoms with Gasteiger partial charge < -0.3 is 15.1 Å². The molecule has 6 heteroatoms. The number of aromatic nitrogens is 2. The highest BCUT2D eigenvalue weighted by Crippen LogP contribution is 2.09. The molecular weight excluding hydrogens is 256 g/mol. The van der Waals surface area contributed by atoms with Gasteiger partial charge in [0.05, 0.1) is 12.8 Å². The molecule has 0 bridgehead atoms. The zero-order valence-electron chi connectivity index (χ0n) is 11.6. The van der Waals surface area contributed by atoms with Gasteiger partial charge in [-0.1, -0.05) is 13.8 Å². The highest BCUT2D eigenvalue weighted by molar-refractivity contribution is 5.89. The molecule has 2 heterocycles. The van der Waals surface area contributed by atoms with Crippen molar-refractivity contribution in [3.05, 3.63) is 36.3 Å². The van der Waals surface area contributed by atoms with Gasteiger partial charge in [0.15, 0.2) is 5.82 Å². The minimum atomic E-state index is -0.0504. The third-order valence-corrected chi connectivity index (χ3v) is 2.55. The van der Waals surface area contributed by atoms with E-state index in [4.69, 9.17) is 4.42 Å². The second-order valence-corrected chi connectivity index (χ2v) is 4.88. The van der Waals surface area contributed by atoms with Gasteiger partial charge in [-0.25, -0.2) is 0 Å². The van der Waals surface area contributed by atoms with Gasteiger partial charge in [0.2, 0.25) is 5.91 Å². The first-order chi connectivity index (χ1) is 9.63. The fraction of sp³-hybridized carbons (Fsp3) is 0.357. The molecule has 2 rings (SSSR count). The second-order valence-electron chi connectivity index (χ2n) is 4.88. The standard InChI is InChI=1S/C14H18N4O2/c1-10(2)8-14(19)16-13-6-5-12(17-18-13)15-9-11-4-3-7-20-11/h3-7,10H,8-9H2,1-2H3,(H,15,17)(H,16,18,19). The fourth-order valence-corrected chi connectivity index (χ4v) is 1.65. The lowest BCUT2D eigenvalue weighted by Crippen LogP contribution is -2.15. The van der Waals surface area contributed by atoms with E-state index >= 15 is 0 Å². The fourth-order valence-electron chi connectivity index (χ4n) is 1.65. The van der Waals surface area contributed by atoms with Crippen LogP contribution in [0.4, 0.5) is 11.6 Å². The minimum absolute atomic E-state index is 0.0504. The van der Waals surface area contributed by atoms with Gasteiger partial charge in [-0.05, 0) is 30.2 Å². The molecule has 0 fully saturated rings. The topological polar surface area (TPSA) is 80.0 Å². The van der Waals surface area contributed by atoms with Crippen molar-refractivity contribution >= 4 is 17.5 Å². The molecule has 0 aromatic carbocycles. The summed E-state index contributed by atoms with van der Waals surface area (Å²) >= 11 is 0. The normalized spacial score (nSPS) is 10.6. The molecule has 0 saturated carbocycles. The Morgan fingerprint density at radius 3 is 2.60 bits per heavy atom. The van der Waals surface area contributed by atoms with Crippen LogP contribution in [0, 0.1) is 5.92 Å². The van der Waals surface area contributed by atoms with Crippen molar-refractivity contribution in [3.63, 3.8) is 0 Å². The SMILES string of the molecule is CC(C)CC(=O)Nc1ccc(NCc2ccco2)nn1. The summed E-state index contributed by atoms with van der Waals surface area (Å²) in [7, 11) is 0. The molecule has 0 aliphatic rings. The molecule has 6 nitrogen and oxygen atoms in total. The minimum Gasteiger partial charge on any atom is -0.467 e. The third kappa shape index (κ3) is 4.38. The van der Waals surface area contributed by atoms with Crippen LogP contribution in [0.3, 0.4) is 0 Å². The Morgan fingerprint density at radius 2 is 2.00 bits per heavy atom. The van der Waals surface area contributed by atoms with E-state index in [-0.39, 0.29) is 5.91 Å². The first kappa shape index (κ1) is 14.0. The van der Waals surface area contributed by atoms with Crippen LogP contribution >= 0.6 is 0 Å². The van der Waals surface area contributed by atoms with Gasteiger partial charge in [0, 0.05) is 6.42 Å². The summed E-state index contributed by atoms with van der Waals surface area (Å²) in [5, 5.41) is 13.7. The van der Waals surface area contributed by atoms with Crippen molar-refractivity contribution in [1.29, 1.82) is 0 Å². The number of hydrogen-bond acceptors (Lipinski definition) is 5. The summed E-state index contributed by atoms with van der Waals surface area (Å²) in [6.45, 7) is 4.53. The van der Waals surface area contributed by atoms with E-state index in [1.165, 1.54) is 0 Å². The molecular formula is C14H18N4O2. The summed E-state index contributed by atoms with van der Waals surface area (Å²) in [4.78, 5) is 11.6. The molecule has 1 amide bonds. The van der Waals surface area contributed by atoms with Gasteiger partial charge in [-0.2, -0.15) is 0 Å². The van der Waals surface area contributed by atoms with Gasteiger partial charge in [-0.15, -0.1) is 10.2 Å². The maximum absolute atomic E-state index is 11.6. The second kappa shape index (κ2) is 6.70. The lowest BCUT2D eigenvalue weighted by Gasteiger charge is -2.07. The van der Waals surface area contributed by atoms with Crippen LogP contribution in [0.5, 0.6) is 0 Å². The Labute approximate surface area is 117 Å². The van der Waals surface area contributed by atoms with E-state index in [0.29, 0.717) is 30.5 Å². The molecule has 0 atom stereocenters. The predicted molar refractivity (Wildman–Crippen MR) is 76.2 cm³/mol. The monoisotopic (exact) mass is 274 g/mol. The zero-order valence-corrected chi connectivity index (χ0v) is 11.6. The number of anilines is 2. The number of carbonyl (C=O) groups is 1. The first-order valence-corrected chi connectivity index (χ1v) is 6.53. The highest BCUT2D eigenvalue weighted by atomic mass is 16.3. The van der Waals surface area contributed by atoms with Crippen LogP contribution in [-0.4, -0.2) is 16.1 Å². The molecule has 0 aliphatic carbocycles. The van der Waals surface area contributed by atoms with Gasteiger partial charge in [-0.3, -0.25) is 4.79 Å². The summed E-state index contributed by atoms with van der Waals surface area (Å²) < 4.78 is 5.20. The average molecular weight is 274 g/mol. The Kier molecular flexibility index (Phi) is 4.70. The van der Waals surface area contributed by atoms with E-state index < -0.39 is 0 Å². The van der Waals surface area contributed by atoms with E-state index in [1.54, 1.807) is 18.4 Å². The van der Waals surface area contributed by atoms with E-state index in [0.717, 1.165) is 5.76 Å². The van der Waals surface area contributed by atoms with E-state index in [2.05, 4.69) is 20.8 Å². The zero-order chi connectivity index (χ0) is 14.4. The maximum atomic E-state index is 11.6. The van der Waals surface area contributed by atoms with Crippen molar-refractivity contribution in [2.45, 2.75) is 26.8 Å². The third-order valence-electron chi connectivity index (χ3n) is 2.55. The number of amides is 1. The van der Waals surface area contributed by atoms with Crippen LogP contribution < -0.4 is 10.6 Å². The van der Waals surface area contributed by atoms with Crippen molar-refractivity contribution in [2.75, 3.05) is 10.6 Å². The number of nitrogens with zero attached hydrogens (tertiary/aromatic N) is 2. The largest absolute Gasteiger partial charge is 0.467 e. The molecule has 20 heavy (non-hydrogen) atoms. The smallest absolute Gasteiger partial charge is 0.225 e. The van der Waals surface area contributed by atoms with Crippen LogP contribution in [0.15, 0.2) is 34.9 Å². The van der Waals surface area contributed by atoms with Crippen LogP contribution in [0.2, 0.25) is 0 Å². The van der Waals surface area contributed by atoms with Gasteiger partial charge in [0.1, 0.15) is 11.6 Å². The Balaban J connectivity index is 1.84. The Morgan fingerprint density at radius 1 is 1.25 bits per heavy atom. The molecule has 0 unspecified atom stereocenters. The molecule has 0 saturated heterocycles. The molecule has 0 spiro atoms. The summed E-state index contributed by atoms with van der Waals surface area (Å²) in [6, 6.07) is 7.19. The lowest BCUT2D eigenvalue weighted by atomic mass is 10.1. The summed E-state index contributed by atoms with van der Waals surface area (Å²) in [5.41, 5.74) is 0. The van der Waals surface area contributed by atoms with Crippen LogP contribution in [-0.2, 0) is 11.3 Å². The van der Waals surface area contributed by atoms with Gasteiger partial charge >= 0.3 is 0 Å². The maximum Gasteiger partial charge on any atom is 0.225 e. The molecule has 106 valence electrons. The average Bonchev–Trinajstić information content (AvgIpc) is 2.90. The van der Waals surface area contributed by atoms with Crippen LogP contribution in [0.25, 0.3) is 0 Å². The Bertz CT molecular complexity index is 535. The highest BCUT2D eigenvalue weighted by Gasteiger charge is 2.06. The molecule has 0 aliphatic heterocycles. The summed E-state index contributed by atoms with van der Waals surface area (Å²) in [5.74, 6) is 2.17. The molecule has 0 radical (unpaired) electrons. The predicted octanol–water partition coefficient (Wildman–Crippen LogP) is 2.67. The van der Waals surface area contributed by atoms with Crippen molar-refractivity contribution in [3.8, 4) is 0 Å². The summed E-state index contributed by atoms with van der Waals surface area (Å²) in [6.07, 6.45) is 2.09. The first-order valence-electron chi connectivity index (χ1n) is 6.53. The van der Waals surface area contributed by atoms with Crippen molar-refractivity contribution < 1.29 is 9.21 Å². The quantitative estimate of drug-likeness (QED) is 0.846. The Hall–Kier alpha value is -2.37. The van der Waals surface area contributed by atoms with Crippen LogP contribution in [0.1, 0.15) is 26.0 Å². The number of carbonyl (C=O) groups excluding carboxylic acids is 1. The van der Waals surface area contributed by atoms with Gasteiger partial charge in [0.25, 0.3) is 0 Å². The number of nitrogens with one attached hydrogen (secondary N) is 2. The molecule has 2 aromatic rings. The van der Waals surface area contributed by atoms with Crippen molar-refractivity contribution in [2.24, 2.45) is 5.92 Å². The van der Waals surface area contributed by atoms with E-state index in [9.17, 15) is 4.79 Å². The number of furan rings is 1. The lowest BCUT2D eigenvalue weighted by molar-refractivity contribution is -0.116. The van der Waals surface area contributed by atoms with E-state index in [1.807, 2.05) is 26.0 Å². The number of rotatable bonds is 6. The van der Waals surface area contributed by atoms with Crippen molar-refractivity contribution in [1.82, 2.24) is 10.2 Å². The molecule has 2 N–H and O–H groups in total. The molecule has 2 aromatic heterocycles. The number of hydrogen-bond donors (Lipinski definition) is 2.